The Kier molecular flexibility index (Phi) is 3.69. The van der Waals surface area contributed by atoms with Gasteiger partial charge in [-0.15, -0.1) is 0 Å². The maximum atomic E-state index is 6.05. The Labute approximate surface area is 109 Å². The predicted molar refractivity (Wildman–Crippen MR) is 68.5 cm³/mol. The normalized spacial score (nSPS) is 10.8. The Morgan fingerprint density at radius 1 is 1.41 bits per heavy atom. The Morgan fingerprint density at radius 3 is 2.76 bits per heavy atom. The van der Waals surface area contributed by atoms with Crippen molar-refractivity contribution in [3.8, 4) is 0 Å². The minimum atomic E-state index is 0.531. The van der Waals surface area contributed by atoms with Crippen LogP contribution < -0.4 is 0 Å². The van der Waals surface area contributed by atoms with Crippen molar-refractivity contribution in [1.29, 1.82) is 0 Å². The van der Waals surface area contributed by atoms with Gasteiger partial charge in [-0.1, -0.05) is 18.5 Å². The van der Waals surface area contributed by atoms with Gasteiger partial charge in [0, 0.05) is 12.6 Å². The molecule has 0 radical (unpaired) electrons. The van der Waals surface area contributed by atoms with Crippen LogP contribution in [0.3, 0.4) is 0 Å². The molecule has 0 atom stereocenters. The van der Waals surface area contributed by atoms with E-state index >= 15 is 0 Å². The van der Waals surface area contributed by atoms with Gasteiger partial charge in [-0.2, -0.15) is 5.10 Å². The van der Waals surface area contributed by atoms with Crippen LogP contribution in [0, 0.1) is 6.92 Å². The molecule has 0 aromatic carbocycles. The van der Waals surface area contributed by atoms with Gasteiger partial charge in [0.2, 0.25) is 0 Å². The fraction of sp³-hybridized carbons (Fsp3) is 0.364. The van der Waals surface area contributed by atoms with Crippen molar-refractivity contribution in [2.75, 3.05) is 0 Å². The minimum absolute atomic E-state index is 0.531. The lowest BCUT2D eigenvalue weighted by molar-refractivity contribution is 0.691. The van der Waals surface area contributed by atoms with E-state index < -0.39 is 0 Å². The molecule has 90 valence electrons. The molecule has 2 aromatic rings. The van der Waals surface area contributed by atoms with E-state index in [-0.39, 0.29) is 0 Å². The lowest BCUT2D eigenvalue weighted by Crippen LogP contribution is -1.96. The van der Waals surface area contributed by atoms with Gasteiger partial charge in [-0.3, -0.25) is 4.68 Å². The summed E-state index contributed by atoms with van der Waals surface area (Å²) >= 11 is 7.62. The smallest absolute Gasteiger partial charge is 0.136 e. The van der Waals surface area contributed by atoms with Gasteiger partial charge in [-0.25, -0.2) is 9.97 Å². The minimum Gasteiger partial charge on any atom is -0.261 e. The highest BCUT2D eigenvalue weighted by Crippen LogP contribution is 2.31. The van der Waals surface area contributed by atoms with Crippen LogP contribution in [0.25, 0.3) is 0 Å². The topological polar surface area (TPSA) is 43.6 Å². The first-order valence-corrected chi connectivity index (χ1v) is 6.49. The van der Waals surface area contributed by atoms with Crippen molar-refractivity contribution in [3.05, 3.63) is 28.8 Å². The largest absolute Gasteiger partial charge is 0.261 e. The van der Waals surface area contributed by atoms with Gasteiger partial charge in [0.15, 0.2) is 0 Å². The Bertz CT molecular complexity index is 538. The summed E-state index contributed by atoms with van der Waals surface area (Å²) in [5, 5.41) is 6.78. The fourth-order valence-corrected chi connectivity index (χ4v) is 2.93. The third-order valence-corrected chi connectivity index (χ3v) is 3.83. The molecule has 0 spiro atoms. The molecular formula is C11H13ClN4S. The zero-order valence-corrected chi connectivity index (χ0v) is 11.5. The van der Waals surface area contributed by atoms with E-state index in [2.05, 4.69) is 15.1 Å². The lowest BCUT2D eigenvalue weighted by atomic mass is 10.3. The van der Waals surface area contributed by atoms with E-state index in [4.69, 9.17) is 11.6 Å². The second-order valence-electron chi connectivity index (χ2n) is 3.65. The van der Waals surface area contributed by atoms with Crippen LogP contribution in [0.4, 0.5) is 0 Å². The van der Waals surface area contributed by atoms with Crippen LogP contribution in [0.15, 0.2) is 22.4 Å². The van der Waals surface area contributed by atoms with E-state index in [1.165, 1.54) is 6.33 Å². The molecule has 2 aromatic heterocycles. The molecule has 4 nitrogen and oxygen atoms in total. The second-order valence-corrected chi connectivity index (χ2v) is 5.02. The standard InChI is InChI=1S/C11H13ClN4S/c1-4-8-10(12)13-6-14-11(8)17-9-5-7(2)15-16(9)3/h5-6H,4H2,1-3H3. The molecule has 0 aliphatic carbocycles. The zero-order chi connectivity index (χ0) is 12.4. The first-order chi connectivity index (χ1) is 8.11. The number of hydrogen-bond acceptors (Lipinski definition) is 4. The summed E-state index contributed by atoms with van der Waals surface area (Å²) in [6, 6.07) is 2.03. The number of halogens is 1. The first kappa shape index (κ1) is 12.4. The molecule has 0 fully saturated rings. The molecule has 6 heteroatoms. The van der Waals surface area contributed by atoms with Crippen LogP contribution >= 0.6 is 23.4 Å². The highest BCUT2D eigenvalue weighted by molar-refractivity contribution is 7.99. The van der Waals surface area contributed by atoms with Crippen molar-refractivity contribution >= 4 is 23.4 Å². The van der Waals surface area contributed by atoms with E-state index in [0.717, 1.165) is 27.7 Å². The summed E-state index contributed by atoms with van der Waals surface area (Å²) in [5.74, 6) is 0. The summed E-state index contributed by atoms with van der Waals surface area (Å²) in [6.45, 7) is 4.01. The molecule has 2 heterocycles. The summed E-state index contributed by atoms with van der Waals surface area (Å²) in [5.41, 5.74) is 1.98. The molecular weight excluding hydrogens is 256 g/mol. The van der Waals surface area contributed by atoms with Gasteiger partial charge in [-0.05, 0) is 31.2 Å². The molecule has 0 saturated carbocycles. The van der Waals surface area contributed by atoms with Crippen molar-refractivity contribution in [2.45, 2.75) is 30.3 Å². The van der Waals surface area contributed by atoms with Gasteiger partial charge in [0.05, 0.1) is 5.69 Å². The van der Waals surface area contributed by atoms with Gasteiger partial charge >= 0.3 is 0 Å². The second kappa shape index (κ2) is 5.06. The van der Waals surface area contributed by atoms with E-state index in [9.17, 15) is 0 Å². The van der Waals surface area contributed by atoms with Gasteiger partial charge in [0.25, 0.3) is 0 Å². The molecule has 0 saturated heterocycles. The summed E-state index contributed by atoms with van der Waals surface area (Å²) < 4.78 is 1.84. The summed E-state index contributed by atoms with van der Waals surface area (Å²) in [7, 11) is 1.92. The molecule has 0 unspecified atom stereocenters. The van der Waals surface area contributed by atoms with Crippen molar-refractivity contribution in [3.63, 3.8) is 0 Å². The molecule has 2 rings (SSSR count). The van der Waals surface area contributed by atoms with Crippen molar-refractivity contribution in [1.82, 2.24) is 19.7 Å². The highest BCUT2D eigenvalue weighted by atomic mass is 35.5. The number of nitrogens with zero attached hydrogens (tertiary/aromatic N) is 4. The van der Waals surface area contributed by atoms with Crippen LogP contribution in [0.1, 0.15) is 18.2 Å². The van der Waals surface area contributed by atoms with Gasteiger partial charge < -0.3 is 0 Å². The van der Waals surface area contributed by atoms with Crippen molar-refractivity contribution < 1.29 is 0 Å². The fourth-order valence-electron chi connectivity index (χ4n) is 1.54. The van der Waals surface area contributed by atoms with Crippen LogP contribution in [0.5, 0.6) is 0 Å². The molecule has 0 aliphatic heterocycles. The Morgan fingerprint density at radius 2 is 2.18 bits per heavy atom. The third-order valence-electron chi connectivity index (χ3n) is 2.37. The van der Waals surface area contributed by atoms with Crippen LogP contribution in [0.2, 0.25) is 5.15 Å². The average molecular weight is 269 g/mol. The molecule has 0 bridgehead atoms. The number of aryl methyl sites for hydroxylation is 2. The molecule has 0 N–H and O–H groups in total. The molecule has 0 amide bonds. The first-order valence-electron chi connectivity index (χ1n) is 5.29. The third kappa shape index (κ3) is 2.61. The average Bonchev–Trinajstić information content (AvgIpc) is 2.58. The molecule has 0 aliphatic rings. The summed E-state index contributed by atoms with van der Waals surface area (Å²) in [4.78, 5) is 8.28. The zero-order valence-electron chi connectivity index (χ0n) is 9.94. The maximum Gasteiger partial charge on any atom is 0.136 e. The van der Waals surface area contributed by atoms with Crippen LogP contribution in [-0.2, 0) is 13.5 Å². The number of aromatic nitrogens is 4. The monoisotopic (exact) mass is 268 g/mol. The summed E-state index contributed by atoms with van der Waals surface area (Å²) in [6.07, 6.45) is 2.31. The SMILES string of the molecule is CCc1c(Cl)ncnc1Sc1cc(C)nn1C. The highest BCUT2D eigenvalue weighted by Gasteiger charge is 2.12. The number of rotatable bonds is 3. The predicted octanol–water partition coefficient (Wildman–Crippen LogP) is 2.89. The molecule has 17 heavy (non-hydrogen) atoms. The van der Waals surface area contributed by atoms with E-state index in [0.29, 0.717) is 5.15 Å². The quantitative estimate of drug-likeness (QED) is 0.803. The maximum absolute atomic E-state index is 6.05. The van der Waals surface area contributed by atoms with Crippen molar-refractivity contribution in [2.24, 2.45) is 7.05 Å². The van der Waals surface area contributed by atoms with Crippen LogP contribution in [-0.4, -0.2) is 19.7 Å². The lowest BCUT2D eigenvalue weighted by Gasteiger charge is -2.06. The van der Waals surface area contributed by atoms with Gasteiger partial charge in [0.1, 0.15) is 21.5 Å². The van der Waals surface area contributed by atoms with E-state index in [1.807, 2.05) is 31.6 Å². The van der Waals surface area contributed by atoms with E-state index in [1.54, 1.807) is 11.8 Å². The Balaban J connectivity index is 2.36. The Hall–Kier alpha value is -1.07. The number of hydrogen-bond donors (Lipinski definition) is 0.